The molecule has 0 unspecified atom stereocenters. The SMILES string of the molecule is CO[C@H](C)c1noc(CN2CCCN(CC(=O)N(C)c3ccccc3)CC2)n1. The highest BCUT2D eigenvalue weighted by Crippen LogP contribution is 2.15. The first kappa shape index (κ1) is 20.4. The van der Waals surface area contributed by atoms with Gasteiger partial charge in [0.05, 0.1) is 13.1 Å². The molecule has 3 rings (SSSR count). The monoisotopic (exact) mass is 387 g/mol. The number of ether oxygens (including phenoxy) is 1. The molecule has 1 saturated heterocycles. The van der Waals surface area contributed by atoms with Gasteiger partial charge in [-0.3, -0.25) is 14.6 Å². The van der Waals surface area contributed by atoms with Crippen LogP contribution >= 0.6 is 0 Å². The summed E-state index contributed by atoms with van der Waals surface area (Å²) in [5.74, 6) is 1.28. The van der Waals surface area contributed by atoms with Crippen molar-refractivity contribution in [2.75, 3.05) is 51.8 Å². The zero-order chi connectivity index (χ0) is 19.9. The summed E-state index contributed by atoms with van der Waals surface area (Å²) in [6.07, 6.45) is 0.822. The molecule has 0 spiro atoms. The number of anilines is 1. The summed E-state index contributed by atoms with van der Waals surface area (Å²) in [5.41, 5.74) is 0.918. The van der Waals surface area contributed by atoms with Crippen molar-refractivity contribution in [3.8, 4) is 0 Å². The molecule has 2 aromatic rings. The molecule has 1 aliphatic rings. The van der Waals surface area contributed by atoms with Gasteiger partial charge in [0.15, 0.2) is 5.82 Å². The first-order chi connectivity index (χ1) is 13.6. The van der Waals surface area contributed by atoms with Gasteiger partial charge in [-0.15, -0.1) is 0 Å². The quantitative estimate of drug-likeness (QED) is 0.719. The number of para-hydroxylation sites is 1. The lowest BCUT2D eigenvalue weighted by Gasteiger charge is -2.24. The van der Waals surface area contributed by atoms with Crippen molar-refractivity contribution < 1.29 is 14.1 Å². The number of carbonyl (C=O) groups excluding carboxylic acids is 1. The minimum absolute atomic E-state index is 0.106. The number of hydrogen-bond donors (Lipinski definition) is 0. The number of hydrogen-bond acceptors (Lipinski definition) is 7. The molecule has 1 atom stereocenters. The molecule has 152 valence electrons. The number of carbonyl (C=O) groups is 1. The van der Waals surface area contributed by atoms with Crippen LogP contribution in [0.4, 0.5) is 5.69 Å². The van der Waals surface area contributed by atoms with E-state index in [-0.39, 0.29) is 12.0 Å². The molecule has 0 radical (unpaired) electrons. The fourth-order valence-electron chi connectivity index (χ4n) is 3.23. The van der Waals surface area contributed by atoms with E-state index in [0.29, 0.717) is 24.8 Å². The zero-order valence-electron chi connectivity index (χ0n) is 16.9. The topological polar surface area (TPSA) is 74.9 Å². The van der Waals surface area contributed by atoms with Gasteiger partial charge in [0.25, 0.3) is 0 Å². The Labute approximate surface area is 166 Å². The highest BCUT2D eigenvalue weighted by molar-refractivity contribution is 5.94. The fourth-order valence-corrected chi connectivity index (χ4v) is 3.23. The zero-order valence-corrected chi connectivity index (χ0v) is 16.9. The first-order valence-electron chi connectivity index (χ1n) is 9.68. The van der Waals surface area contributed by atoms with Crippen molar-refractivity contribution in [3.05, 3.63) is 42.0 Å². The third-order valence-corrected chi connectivity index (χ3v) is 5.12. The summed E-state index contributed by atoms with van der Waals surface area (Å²) in [6, 6.07) is 9.74. The Balaban J connectivity index is 1.49. The summed E-state index contributed by atoms with van der Waals surface area (Å²) in [7, 11) is 3.45. The third-order valence-electron chi connectivity index (χ3n) is 5.12. The summed E-state index contributed by atoms with van der Waals surface area (Å²) >= 11 is 0. The summed E-state index contributed by atoms with van der Waals surface area (Å²) in [5, 5.41) is 3.98. The molecule has 1 fully saturated rings. The Kier molecular flexibility index (Phi) is 7.13. The average molecular weight is 387 g/mol. The number of rotatable bonds is 7. The van der Waals surface area contributed by atoms with Crippen LogP contribution in [0.3, 0.4) is 0 Å². The van der Waals surface area contributed by atoms with E-state index in [9.17, 15) is 4.79 Å². The van der Waals surface area contributed by atoms with E-state index in [1.165, 1.54) is 0 Å². The maximum atomic E-state index is 12.6. The molecule has 28 heavy (non-hydrogen) atoms. The molecule has 8 heteroatoms. The van der Waals surface area contributed by atoms with Gasteiger partial charge >= 0.3 is 0 Å². The standard InChI is InChI=1S/C20H29N5O3/c1-16(27-3)20-21-18(28-22-20)14-24-10-7-11-25(13-12-24)15-19(26)23(2)17-8-5-4-6-9-17/h4-6,8-9,16H,7,10-15H2,1-3H3/t16-/m1/s1. The number of likely N-dealkylation sites (N-methyl/N-ethyl adjacent to an activating group) is 1. The molecule has 0 saturated carbocycles. The lowest BCUT2D eigenvalue weighted by molar-refractivity contribution is -0.119. The van der Waals surface area contributed by atoms with Crippen LogP contribution in [0.15, 0.2) is 34.9 Å². The molecule has 1 aliphatic heterocycles. The summed E-state index contributed by atoms with van der Waals surface area (Å²) in [6.45, 7) is 6.48. The predicted molar refractivity (Wildman–Crippen MR) is 106 cm³/mol. The maximum absolute atomic E-state index is 12.6. The van der Waals surface area contributed by atoms with E-state index in [4.69, 9.17) is 9.26 Å². The van der Waals surface area contributed by atoms with Crippen molar-refractivity contribution >= 4 is 11.6 Å². The second kappa shape index (κ2) is 9.77. The third kappa shape index (κ3) is 5.37. The van der Waals surface area contributed by atoms with Crippen LogP contribution in [0.1, 0.15) is 31.2 Å². The summed E-state index contributed by atoms with van der Waals surface area (Å²) < 4.78 is 10.6. The number of nitrogens with zero attached hydrogens (tertiary/aromatic N) is 5. The lowest BCUT2D eigenvalue weighted by atomic mass is 10.3. The van der Waals surface area contributed by atoms with Crippen LogP contribution in [0.2, 0.25) is 0 Å². The minimum Gasteiger partial charge on any atom is -0.374 e. The Morgan fingerprint density at radius 3 is 2.68 bits per heavy atom. The van der Waals surface area contributed by atoms with Crippen molar-refractivity contribution in [1.82, 2.24) is 19.9 Å². The Bertz CT molecular complexity index is 751. The Morgan fingerprint density at radius 2 is 1.93 bits per heavy atom. The number of aromatic nitrogens is 2. The van der Waals surface area contributed by atoms with E-state index in [1.807, 2.05) is 44.3 Å². The molecule has 0 N–H and O–H groups in total. The maximum Gasteiger partial charge on any atom is 0.240 e. The predicted octanol–water partition coefficient (Wildman–Crippen LogP) is 1.95. The first-order valence-corrected chi connectivity index (χ1v) is 9.68. The lowest BCUT2D eigenvalue weighted by Crippen LogP contribution is -2.40. The van der Waals surface area contributed by atoms with Crippen LogP contribution in [0.5, 0.6) is 0 Å². The smallest absolute Gasteiger partial charge is 0.240 e. The van der Waals surface area contributed by atoms with Gasteiger partial charge in [-0.05, 0) is 38.6 Å². The van der Waals surface area contributed by atoms with Gasteiger partial charge in [-0.25, -0.2) is 0 Å². The number of benzene rings is 1. The van der Waals surface area contributed by atoms with Crippen LogP contribution in [0.25, 0.3) is 0 Å². The van der Waals surface area contributed by atoms with Gasteiger partial charge in [-0.2, -0.15) is 4.98 Å². The van der Waals surface area contributed by atoms with Crippen LogP contribution in [0, 0.1) is 0 Å². The number of methoxy groups -OCH3 is 1. The number of amides is 1. The van der Waals surface area contributed by atoms with Gasteiger partial charge in [0, 0.05) is 32.9 Å². The molecule has 1 aromatic carbocycles. The van der Waals surface area contributed by atoms with Crippen molar-refractivity contribution in [3.63, 3.8) is 0 Å². The molecular formula is C20H29N5O3. The molecule has 1 amide bonds. The molecule has 8 nitrogen and oxygen atoms in total. The molecule has 1 aromatic heterocycles. The Hall–Kier alpha value is -2.29. The van der Waals surface area contributed by atoms with E-state index >= 15 is 0 Å². The van der Waals surface area contributed by atoms with Crippen LogP contribution in [-0.2, 0) is 16.1 Å². The van der Waals surface area contributed by atoms with Crippen LogP contribution in [-0.4, -0.2) is 72.7 Å². The van der Waals surface area contributed by atoms with Gasteiger partial charge in [0.2, 0.25) is 11.8 Å². The van der Waals surface area contributed by atoms with E-state index < -0.39 is 0 Å². The second-order valence-electron chi connectivity index (χ2n) is 7.12. The second-order valence-corrected chi connectivity index (χ2v) is 7.12. The highest BCUT2D eigenvalue weighted by Gasteiger charge is 2.21. The largest absolute Gasteiger partial charge is 0.374 e. The summed E-state index contributed by atoms with van der Waals surface area (Å²) in [4.78, 5) is 23.3. The van der Waals surface area contributed by atoms with E-state index in [2.05, 4.69) is 19.9 Å². The normalized spacial score (nSPS) is 17.2. The van der Waals surface area contributed by atoms with Crippen molar-refractivity contribution in [2.45, 2.75) is 26.0 Å². The fraction of sp³-hybridized carbons (Fsp3) is 0.550. The molecular weight excluding hydrogens is 358 g/mol. The Morgan fingerprint density at radius 1 is 1.21 bits per heavy atom. The molecule has 0 aliphatic carbocycles. The minimum atomic E-state index is -0.176. The van der Waals surface area contributed by atoms with E-state index in [1.54, 1.807) is 12.0 Å². The van der Waals surface area contributed by atoms with Gasteiger partial charge < -0.3 is 14.2 Å². The van der Waals surface area contributed by atoms with Crippen molar-refractivity contribution in [1.29, 1.82) is 0 Å². The van der Waals surface area contributed by atoms with Crippen LogP contribution < -0.4 is 4.90 Å². The van der Waals surface area contributed by atoms with Gasteiger partial charge in [0.1, 0.15) is 6.10 Å². The molecule has 0 bridgehead atoms. The van der Waals surface area contributed by atoms with E-state index in [0.717, 1.165) is 38.3 Å². The van der Waals surface area contributed by atoms with Gasteiger partial charge in [-0.1, -0.05) is 23.4 Å². The van der Waals surface area contributed by atoms with Crippen molar-refractivity contribution in [2.24, 2.45) is 0 Å². The molecule has 2 heterocycles. The average Bonchev–Trinajstić information content (AvgIpc) is 3.08. The highest BCUT2D eigenvalue weighted by atomic mass is 16.5.